The molecule has 1 fully saturated rings. The zero-order valence-corrected chi connectivity index (χ0v) is 17.8. The Labute approximate surface area is 183 Å². The van der Waals surface area contributed by atoms with Gasteiger partial charge in [0.15, 0.2) is 0 Å². The second-order valence-electron chi connectivity index (χ2n) is 8.54. The lowest BCUT2D eigenvalue weighted by Gasteiger charge is -2.44. The molecule has 0 radical (unpaired) electrons. The Balaban J connectivity index is 1.81. The zero-order valence-electron chi connectivity index (χ0n) is 17.8. The summed E-state index contributed by atoms with van der Waals surface area (Å²) in [5, 5.41) is 0. The number of benzene rings is 3. The van der Waals surface area contributed by atoms with Gasteiger partial charge in [0.2, 0.25) is 0 Å². The molecule has 0 saturated carbocycles. The van der Waals surface area contributed by atoms with Crippen molar-refractivity contribution < 1.29 is 9.53 Å². The second-order valence-corrected chi connectivity index (χ2v) is 8.54. The van der Waals surface area contributed by atoms with E-state index in [2.05, 4.69) is 77.7 Å². The van der Waals surface area contributed by atoms with Crippen molar-refractivity contribution in [1.82, 2.24) is 4.90 Å². The molecule has 2 aliphatic rings. The van der Waals surface area contributed by atoms with Crippen molar-refractivity contribution in [3.05, 3.63) is 95.6 Å². The summed E-state index contributed by atoms with van der Waals surface area (Å²) >= 11 is 0. The summed E-state index contributed by atoms with van der Waals surface area (Å²) in [7, 11) is 1.49. The summed E-state index contributed by atoms with van der Waals surface area (Å²) < 4.78 is 5.30. The minimum Gasteiger partial charge on any atom is -0.468 e. The maximum atomic E-state index is 13.0. The molecule has 0 aromatic heterocycles. The van der Waals surface area contributed by atoms with E-state index in [9.17, 15) is 4.79 Å². The van der Waals surface area contributed by atoms with Crippen LogP contribution in [0.2, 0.25) is 0 Å². The number of rotatable bonds is 5. The van der Waals surface area contributed by atoms with E-state index in [4.69, 9.17) is 10.5 Å². The minimum atomic E-state index is -0.545. The molecule has 0 bridgehead atoms. The van der Waals surface area contributed by atoms with Crippen molar-refractivity contribution in [1.29, 1.82) is 0 Å². The summed E-state index contributed by atoms with van der Waals surface area (Å²) in [5.41, 5.74) is 11.5. The SMILES string of the molecule is COC(=O)C1CC(CCN)CN1C1(c2ccccc2)c2ccccc2-c2ccccc21. The average Bonchev–Trinajstić information content (AvgIpc) is 3.37. The van der Waals surface area contributed by atoms with Gasteiger partial charge in [0, 0.05) is 6.54 Å². The van der Waals surface area contributed by atoms with Gasteiger partial charge in [-0.25, -0.2) is 0 Å². The second kappa shape index (κ2) is 7.95. The summed E-state index contributed by atoms with van der Waals surface area (Å²) in [6.45, 7) is 1.42. The van der Waals surface area contributed by atoms with Crippen LogP contribution >= 0.6 is 0 Å². The van der Waals surface area contributed by atoms with E-state index in [-0.39, 0.29) is 12.0 Å². The highest BCUT2D eigenvalue weighted by molar-refractivity contribution is 5.84. The molecule has 1 aliphatic heterocycles. The molecule has 1 aliphatic carbocycles. The zero-order chi connectivity index (χ0) is 21.4. The Kier molecular flexibility index (Phi) is 5.12. The first-order valence-electron chi connectivity index (χ1n) is 11.0. The van der Waals surface area contributed by atoms with Crippen LogP contribution in [0.3, 0.4) is 0 Å². The fourth-order valence-electron chi connectivity index (χ4n) is 5.78. The summed E-state index contributed by atoms with van der Waals surface area (Å²) in [5.74, 6) is 0.186. The van der Waals surface area contributed by atoms with Crippen LogP contribution in [0.25, 0.3) is 11.1 Å². The average molecular weight is 413 g/mol. The van der Waals surface area contributed by atoms with Crippen molar-refractivity contribution in [2.45, 2.75) is 24.4 Å². The highest BCUT2D eigenvalue weighted by Crippen LogP contribution is 2.56. The largest absolute Gasteiger partial charge is 0.468 e. The Morgan fingerprint density at radius 2 is 1.55 bits per heavy atom. The first-order chi connectivity index (χ1) is 15.2. The van der Waals surface area contributed by atoms with Crippen LogP contribution in [0.15, 0.2) is 78.9 Å². The summed E-state index contributed by atoms with van der Waals surface area (Å²) in [6, 6.07) is 27.5. The Morgan fingerprint density at radius 3 is 2.13 bits per heavy atom. The Bertz CT molecular complexity index is 1050. The standard InChI is InChI=1S/C27H28N2O2/c1-31-26(30)25-17-19(15-16-28)18-29(25)27(20-9-3-2-4-10-20)23-13-7-5-11-21(23)22-12-6-8-14-24(22)27/h2-14,19,25H,15-18,28H2,1H3. The maximum absolute atomic E-state index is 13.0. The van der Waals surface area contributed by atoms with Crippen molar-refractivity contribution in [2.24, 2.45) is 11.7 Å². The number of methoxy groups -OCH3 is 1. The van der Waals surface area contributed by atoms with Gasteiger partial charge in [-0.1, -0.05) is 78.9 Å². The number of carbonyl (C=O) groups is 1. The number of hydrogen-bond donors (Lipinski definition) is 1. The fourth-order valence-corrected chi connectivity index (χ4v) is 5.78. The molecule has 3 aromatic carbocycles. The minimum absolute atomic E-state index is 0.170. The number of hydrogen-bond acceptors (Lipinski definition) is 4. The topological polar surface area (TPSA) is 55.6 Å². The molecule has 1 heterocycles. The van der Waals surface area contributed by atoms with Gasteiger partial charge in [0.1, 0.15) is 6.04 Å². The molecule has 2 N–H and O–H groups in total. The smallest absolute Gasteiger partial charge is 0.323 e. The lowest BCUT2D eigenvalue weighted by atomic mass is 9.78. The van der Waals surface area contributed by atoms with Gasteiger partial charge in [0.05, 0.1) is 12.6 Å². The third-order valence-electron chi connectivity index (χ3n) is 6.98. The third-order valence-corrected chi connectivity index (χ3v) is 6.98. The van der Waals surface area contributed by atoms with Gasteiger partial charge in [-0.3, -0.25) is 9.69 Å². The molecule has 0 amide bonds. The van der Waals surface area contributed by atoms with E-state index in [0.29, 0.717) is 12.5 Å². The monoisotopic (exact) mass is 412 g/mol. The van der Waals surface area contributed by atoms with E-state index >= 15 is 0 Å². The van der Waals surface area contributed by atoms with Crippen LogP contribution in [-0.2, 0) is 15.1 Å². The van der Waals surface area contributed by atoms with Gasteiger partial charge in [0.25, 0.3) is 0 Å². The van der Waals surface area contributed by atoms with Crippen molar-refractivity contribution in [3.63, 3.8) is 0 Å². The number of esters is 1. The van der Waals surface area contributed by atoms with Gasteiger partial charge in [-0.05, 0) is 53.1 Å². The Hall–Kier alpha value is -2.95. The number of nitrogens with two attached hydrogens (primary N) is 1. The van der Waals surface area contributed by atoms with Crippen LogP contribution < -0.4 is 5.73 Å². The molecular weight excluding hydrogens is 384 g/mol. The van der Waals surface area contributed by atoms with E-state index in [1.54, 1.807) is 0 Å². The third kappa shape index (κ3) is 2.93. The highest BCUT2D eigenvalue weighted by Gasteiger charge is 2.55. The molecule has 2 unspecified atom stereocenters. The van der Waals surface area contributed by atoms with Crippen LogP contribution in [0.5, 0.6) is 0 Å². The molecular formula is C27H28N2O2. The van der Waals surface area contributed by atoms with Crippen molar-refractivity contribution >= 4 is 5.97 Å². The van der Waals surface area contributed by atoms with Gasteiger partial charge in [-0.2, -0.15) is 0 Å². The lowest BCUT2D eigenvalue weighted by Crippen LogP contribution is -2.52. The van der Waals surface area contributed by atoms with E-state index in [1.807, 2.05) is 6.07 Å². The quantitative estimate of drug-likeness (QED) is 0.639. The molecule has 4 nitrogen and oxygen atoms in total. The maximum Gasteiger partial charge on any atom is 0.323 e. The molecule has 0 spiro atoms. The van der Waals surface area contributed by atoms with E-state index < -0.39 is 5.54 Å². The predicted octanol–water partition coefficient (Wildman–Crippen LogP) is 4.17. The van der Waals surface area contributed by atoms with Gasteiger partial charge < -0.3 is 10.5 Å². The van der Waals surface area contributed by atoms with Crippen molar-refractivity contribution in [3.8, 4) is 11.1 Å². The summed E-state index contributed by atoms with van der Waals surface area (Å²) in [6.07, 6.45) is 1.67. The van der Waals surface area contributed by atoms with E-state index in [0.717, 1.165) is 19.4 Å². The number of ether oxygens (including phenoxy) is 1. The molecule has 1 saturated heterocycles. The van der Waals surface area contributed by atoms with Crippen molar-refractivity contribution in [2.75, 3.05) is 20.2 Å². The number of likely N-dealkylation sites (tertiary alicyclic amines) is 1. The molecule has 2 atom stereocenters. The fraction of sp³-hybridized carbons (Fsp3) is 0.296. The van der Waals surface area contributed by atoms with Crippen LogP contribution in [0.4, 0.5) is 0 Å². The Morgan fingerprint density at radius 1 is 0.968 bits per heavy atom. The van der Waals surface area contributed by atoms with Crippen LogP contribution in [0, 0.1) is 5.92 Å². The summed E-state index contributed by atoms with van der Waals surface area (Å²) in [4.78, 5) is 15.4. The molecule has 5 rings (SSSR count). The first kappa shape index (κ1) is 20.0. The molecule has 31 heavy (non-hydrogen) atoms. The van der Waals surface area contributed by atoms with E-state index in [1.165, 1.54) is 34.9 Å². The van der Waals surface area contributed by atoms with Crippen LogP contribution in [-0.4, -0.2) is 37.1 Å². The number of carbonyl (C=O) groups excluding carboxylic acids is 1. The first-order valence-corrected chi connectivity index (χ1v) is 11.0. The predicted molar refractivity (Wildman–Crippen MR) is 122 cm³/mol. The highest BCUT2D eigenvalue weighted by atomic mass is 16.5. The number of fused-ring (bicyclic) bond motifs is 3. The van der Waals surface area contributed by atoms with Gasteiger partial charge in [-0.15, -0.1) is 0 Å². The molecule has 158 valence electrons. The van der Waals surface area contributed by atoms with Gasteiger partial charge >= 0.3 is 5.97 Å². The number of nitrogens with zero attached hydrogens (tertiary/aromatic N) is 1. The normalized spacial score (nSPS) is 21.5. The molecule has 3 aromatic rings. The lowest BCUT2D eigenvalue weighted by molar-refractivity contribution is -0.147. The molecule has 4 heteroatoms. The van der Waals surface area contributed by atoms with Crippen LogP contribution in [0.1, 0.15) is 29.5 Å².